The van der Waals surface area contributed by atoms with Crippen LogP contribution in [0.4, 0.5) is 5.69 Å². The Morgan fingerprint density at radius 3 is 2.46 bits per heavy atom. The fourth-order valence-electron chi connectivity index (χ4n) is 2.26. The first-order valence-electron chi connectivity index (χ1n) is 7.90. The first kappa shape index (κ1) is 19.4. The van der Waals surface area contributed by atoms with Gasteiger partial charge in [0.05, 0.1) is 11.4 Å². The Hall–Kier alpha value is -1.41. The summed E-state index contributed by atoms with van der Waals surface area (Å²) in [5, 5.41) is 5.25. The lowest BCUT2D eigenvalue weighted by molar-refractivity contribution is 0.573. The summed E-state index contributed by atoms with van der Waals surface area (Å²) >= 11 is 8.64. The standard InChI is InChI=1S/C18H19ClN2O2S3/c1-11-7-13(19)5-6-14(11)21-26(22,23)16-8-12(9-24-16)17-20-15(10-25-17)18(2,3)4/h5-10,21H,1-4H3. The molecule has 2 heterocycles. The van der Waals surface area contributed by atoms with Crippen LogP contribution in [0.1, 0.15) is 32.0 Å². The number of aromatic nitrogens is 1. The van der Waals surface area contributed by atoms with E-state index in [9.17, 15) is 8.42 Å². The molecule has 0 aliphatic carbocycles. The van der Waals surface area contributed by atoms with Gasteiger partial charge in [-0.1, -0.05) is 32.4 Å². The molecule has 0 saturated heterocycles. The van der Waals surface area contributed by atoms with Crippen LogP contribution < -0.4 is 4.72 Å². The molecular formula is C18H19ClN2O2S3. The molecule has 0 saturated carbocycles. The van der Waals surface area contributed by atoms with Crippen LogP contribution in [-0.2, 0) is 15.4 Å². The van der Waals surface area contributed by atoms with E-state index in [1.807, 2.05) is 17.7 Å². The van der Waals surface area contributed by atoms with E-state index < -0.39 is 10.0 Å². The molecule has 4 nitrogen and oxygen atoms in total. The van der Waals surface area contributed by atoms with Crippen molar-refractivity contribution in [1.82, 2.24) is 4.98 Å². The van der Waals surface area contributed by atoms with Crippen molar-refractivity contribution in [3.8, 4) is 10.6 Å². The Morgan fingerprint density at radius 1 is 1.12 bits per heavy atom. The number of rotatable bonds is 4. The monoisotopic (exact) mass is 426 g/mol. The third-order valence-electron chi connectivity index (χ3n) is 3.79. The highest BCUT2D eigenvalue weighted by atomic mass is 35.5. The molecule has 0 aliphatic heterocycles. The SMILES string of the molecule is Cc1cc(Cl)ccc1NS(=O)(=O)c1cc(-c2nc(C(C)(C)C)cs2)cs1. The Labute approximate surface area is 166 Å². The number of halogens is 1. The molecule has 0 atom stereocenters. The minimum absolute atomic E-state index is 0.0344. The highest BCUT2D eigenvalue weighted by Gasteiger charge is 2.21. The molecule has 138 valence electrons. The summed E-state index contributed by atoms with van der Waals surface area (Å²) in [5.74, 6) is 0. The van der Waals surface area contributed by atoms with E-state index in [2.05, 4.69) is 30.5 Å². The van der Waals surface area contributed by atoms with E-state index in [1.54, 1.807) is 24.3 Å². The molecular weight excluding hydrogens is 408 g/mol. The average Bonchev–Trinajstić information content (AvgIpc) is 3.17. The maximum absolute atomic E-state index is 12.7. The van der Waals surface area contributed by atoms with Crippen molar-refractivity contribution in [3.63, 3.8) is 0 Å². The maximum atomic E-state index is 12.7. The van der Waals surface area contributed by atoms with E-state index in [4.69, 9.17) is 11.6 Å². The van der Waals surface area contributed by atoms with Crippen molar-refractivity contribution >= 4 is 50.0 Å². The van der Waals surface area contributed by atoms with Gasteiger partial charge in [-0.05, 0) is 36.8 Å². The predicted octanol–water partition coefficient (Wildman–Crippen LogP) is 5.93. The van der Waals surface area contributed by atoms with Crippen LogP contribution >= 0.6 is 34.3 Å². The maximum Gasteiger partial charge on any atom is 0.271 e. The van der Waals surface area contributed by atoms with Gasteiger partial charge in [-0.25, -0.2) is 13.4 Å². The van der Waals surface area contributed by atoms with Gasteiger partial charge in [0.2, 0.25) is 0 Å². The van der Waals surface area contributed by atoms with Crippen LogP contribution in [-0.4, -0.2) is 13.4 Å². The Bertz CT molecular complexity index is 1050. The fourth-order valence-corrected chi connectivity index (χ4v) is 5.89. The first-order chi connectivity index (χ1) is 12.1. The summed E-state index contributed by atoms with van der Waals surface area (Å²) in [5.41, 5.74) is 3.08. The summed E-state index contributed by atoms with van der Waals surface area (Å²) in [4.78, 5) is 4.65. The Balaban J connectivity index is 1.87. The summed E-state index contributed by atoms with van der Waals surface area (Å²) in [7, 11) is -3.66. The van der Waals surface area contributed by atoms with Gasteiger partial charge in [-0.15, -0.1) is 22.7 Å². The lowest BCUT2D eigenvalue weighted by Crippen LogP contribution is -2.12. The van der Waals surface area contributed by atoms with Crippen molar-refractivity contribution < 1.29 is 8.42 Å². The molecule has 0 bridgehead atoms. The number of nitrogens with zero attached hydrogens (tertiary/aromatic N) is 1. The van der Waals surface area contributed by atoms with Crippen molar-refractivity contribution in [2.45, 2.75) is 37.3 Å². The Kier molecular flexibility index (Phi) is 5.18. The molecule has 0 unspecified atom stereocenters. The second-order valence-corrected chi connectivity index (χ2v) is 11.1. The third kappa shape index (κ3) is 4.11. The summed E-state index contributed by atoms with van der Waals surface area (Å²) in [6.07, 6.45) is 0. The minimum Gasteiger partial charge on any atom is -0.279 e. The topological polar surface area (TPSA) is 59.1 Å². The van der Waals surface area contributed by atoms with Gasteiger partial charge >= 0.3 is 0 Å². The highest BCUT2D eigenvalue weighted by Crippen LogP contribution is 2.34. The molecule has 2 aromatic heterocycles. The number of thiophene rings is 1. The molecule has 26 heavy (non-hydrogen) atoms. The zero-order chi connectivity index (χ0) is 19.1. The molecule has 0 fully saturated rings. The molecule has 3 aromatic rings. The first-order valence-corrected chi connectivity index (χ1v) is 11.5. The van der Waals surface area contributed by atoms with Crippen LogP contribution in [0.25, 0.3) is 10.6 Å². The van der Waals surface area contributed by atoms with E-state index in [-0.39, 0.29) is 9.62 Å². The second-order valence-electron chi connectivity index (χ2n) is 7.01. The van der Waals surface area contributed by atoms with Crippen LogP contribution in [0.3, 0.4) is 0 Å². The minimum atomic E-state index is -3.66. The normalized spacial score (nSPS) is 12.3. The van der Waals surface area contributed by atoms with E-state index >= 15 is 0 Å². The number of aryl methyl sites for hydroxylation is 1. The van der Waals surface area contributed by atoms with Gasteiger partial charge in [-0.3, -0.25) is 4.72 Å². The third-order valence-corrected chi connectivity index (χ3v) is 7.72. The van der Waals surface area contributed by atoms with Gasteiger partial charge in [0.1, 0.15) is 9.22 Å². The van der Waals surface area contributed by atoms with Crippen LogP contribution in [0.5, 0.6) is 0 Å². The number of thiazole rings is 1. The van der Waals surface area contributed by atoms with E-state index in [0.29, 0.717) is 10.7 Å². The second kappa shape index (κ2) is 6.96. The molecule has 8 heteroatoms. The molecule has 0 aliphatic rings. The number of nitrogens with one attached hydrogen (secondary N) is 1. The van der Waals surface area contributed by atoms with E-state index in [0.717, 1.165) is 21.8 Å². The number of benzene rings is 1. The van der Waals surface area contributed by atoms with Gasteiger partial charge < -0.3 is 0 Å². The van der Waals surface area contributed by atoms with Crippen molar-refractivity contribution in [3.05, 3.63) is 51.3 Å². The largest absolute Gasteiger partial charge is 0.279 e. The molecule has 0 amide bonds. The molecule has 0 radical (unpaired) electrons. The van der Waals surface area contributed by atoms with Crippen LogP contribution in [0, 0.1) is 6.92 Å². The van der Waals surface area contributed by atoms with Crippen molar-refractivity contribution in [1.29, 1.82) is 0 Å². The highest BCUT2D eigenvalue weighted by molar-refractivity contribution is 7.94. The van der Waals surface area contributed by atoms with Crippen molar-refractivity contribution in [2.24, 2.45) is 0 Å². The number of anilines is 1. The number of hydrogen-bond acceptors (Lipinski definition) is 5. The molecule has 0 spiro atoms. The Morgan fingerprint density at radius 2 is 1.85 bits per heavy atom. The summed E-state index contributed by atoms with van der Waals surface area (Å²) < 4.78 is 28.3. The molecule has 1 N–H and O–H groups in total. The van der Waals surface area contributed by atoms with Crippen LogP contribution in [0.15, 0.2) is 39.2 Å². The summed E-state index contributed by atoms with van der Waals surface area (Å²) in [6, 6.07) is 6.72. The molecule has 3 rings (SSSR count). The zero-order valence-corrected chi connectivity index (χ0v) is 18.0. The fraction of sp³-hybridized carbons (Fsp3) is 0.278. The zero-order valence-electron chi connectivity index (χ0n) is 14.8. The number of hydrogen-bond donors (Lipinski definition) is 1. The lowest BCUT2D eigenvalue weighted by Gasteiger charge is -2.14. The van der Waals surface area contributed by atoms with E-state index in [1.165, 1.54) is 22.7 Å². The van der Waals surface area contributed by atoms with Crippen LogP contribution in [0.2, 0.25) is 5.02 Å². The van der Waals surface area contributed by atoms with Gasteiger partial charge in [0.25, 0.3) is 10.0 Å². The van der Waals surface area contributed by atoms with Gasteiger partial charge in [0, 0.05) is 26.8 Å². The molecule has 1 aromatic carbocycles. The van der Waals surface area contributed by atoms with Gasteiger partial charge in [-0.2, -0.15) is 0 Å². The average molecular weight is 427 g/mol. The predicted molar refractivity (Wildman–Crippen MR) is 111 cm³/mol. The lowest BCUT2D eigenvalue weighted by atomic mass is 9.93. The summed E-state index contributed by atoms with van der Waals surface area (Å²) in [6.45, 7) is 8.13. The number of sulfonamides is 1. The van der Waals surface area contributed by atoms with Crippen molar-refractivity contribution in [2.75, 3.05) is 4.72 Å². The smallest absolute Gasteiger partial charge is 0.271 e. The van der Waals surface area contributed by atoms with Gasteiger partial charge in [0.15, 0.2) is 0 Å². The quantitative estimate of drug-likeness (QED) is 0.562.